The first kappa shape index (κ1) is 22.1. The second-order valence-corrected chi connectivity index (χ2v) is 8.84. The summed E-state index contributed by atoms with van der Waals surface area (Å²) in [6.07, 6.45) is 0.580. The molecule has 2 atom stereocenters. The van der Waals surface area contributed by atoms with Crippen molar-refractivity contribution < 1.29 is 14.3 Å². The third kappa shape index (κ3) is 3.91. The van der Waals surface area contributed by atoms with Crippen LogP contribution >= 0.6 is 0 Å². The van der Waals surface area contributed by atoms with Gasteiger partial charge in [0.15, 0.2) is 0 Å². The molecule has 0 radical (unpaired) electrons. The Labute approximate surface area is 188 Å². The van der Waals surface area contributed by atoms with Crippen molar-refractivity contribution in [2.45, 2.75) is 39.3 Å². The third-order valence-corrected chi connectivity index (χ3v) is 6.15. The number of nitrogens with zero attached hydrogens (tertiary/aromatic N) is 1. The molecule has 32 heavy (non-hydrogen) atoms. The Morgan fingerprint density at radius 2 is 1.88 bits per heavy atom. The SMILES string of the molecule is COCCNC(=O)C(CC(C)C)N1C(=O)c2ccccc2C1c1c(C)[nH]c2ccccc12. The van der Waals surface area contributed by atoms with Crippen LogP contribution in [0.25, 0.3) is 10.9 Å². The average Bonchev–Trinajstić information content (AvgIpc) is 3.25. The minimum atomic E-state index is -0.579. The quantitative estimate of drug-likeness (QED) is 0.523. The summed E-state index contributed by atoms with van der Waals surface area (Å²) in [5.41, 5.74) is 4.71. The number of benzene rings is 2. The predicted molar refractivity (Wildman–Crippen MR) is 126 cm³/mol. The maximum atomic E-state index is 13.7. The molecule has 0 saturated heterocycles. The Kier molecular flexibility index (Phi) is 6.33. The Bertz CT molecular complexity index is 1130. The van der Waals surface area contributed by atoms with Crippen LogP contribution < -0.4 is 5.32 Å². The number of hydrogen-bond donors (Lipinski definition) is 2. The molecular weight excluding hydrogens is 402 g/mol. The average molecular weight is 434 g/mol. The Hall–Kier alpha value is -3.12. The van der Waals surface area contributed by atoms with Crippen LogP contribution in [-0.4, -0.2) is 48.0 Å². The predicted octanol–water partition coefficient (Wildman–Crippen LogP) is 4.20. The zero-order valence-electron chi connectivity index (χ0n) is 19.1. The van der Waals surface area contributed by atoms with Gasteiger partial charge in [-0.15, -0.1) is 0 Å². The fraction of sp³-hybridized carbons (Fsp3) is 0.385. The number of fused-ring (bicyclic) bond motifs is 2. The number of para-hydroxylation sites is 1. The molecule has 0 aliphatic carbocycles. The van der Waals surface area contributed by atoms with Gasteiger partial charge >= 0.3 is 0 Å². The minimum absolute atomic E-state index is 0.0946. The number of hydrogen-bond acceptors (Lipinski definition) is 3. The Morgan fingerprint density at radius 1 is 1.16 bits per heavy atom. The fourth-order valence-electron chi connectivity index (χ4n) is 4.79. The second kappa shape index (κ2) is 9.17. The van der Waals surface area contributed by atoms with Crippen molar-refractivity contribution in [2.24, 2.45) is 5.92 Å². The van der Waals surface area contributed by atoms with Gasteiger partial charge in [-0.05, 0) is 37.0 Å². The van der Waals surface area contributed by atoms with Crippen molar-refractivity contribution in [2.75, 3.05) is 20.3 Å². The van der Waals surface area contributed by atoms with E-state index in [4.69, 9.17) is 4.74 Å². The highest BCUT2D eigenvalue weighted by molar-refractivity contribution is 6.03. The van der Waals surface area contributed by atoms with Crippen LogP contribution in [-0.2, 0) is 9.53 Å². The van der Waals surface area contributed by atoms with E-state index >= 15 is 0 Å². The van der Waals surface area contributed by atoms with E-state index in [1.165, 1.54) is 0 Å². The highest BCUT2D eigenvalue weighted by atomic mass is 16.5. The molecule has 3 aromatic rings. The molecule has 2 aromatic carbocycles. The number of ether oxygens (including phenoxy) is 1. The van der Waals surface area contributed by atoms with Crippen LogP contribution in [0.15, 0.2) is 48.5 Å². The molecule has 6 heteroatoms. The molecule has 2 N–H and O–H groups in total. The van der Waals surface area contributed by atoms with E-state index in [0.29, 0.717) is 25.1 Å². The molecule has 0 saturated carbocycles. The number of aromatic amines is 1. The van der Waals surface area contributed by atoms with Gasteiger partial charge in [-0.25, -0.2) is 0 Å². The molecule has 4 rings (SSSR count). The summed E-state index contributed by atoms with van der Waals surface area (Å²) in [6.45, 7) is 7.04. The van der Waals surface area contributed by atoms with Gasteiger partial charge in [0.2, 0.25) is 5.91 Å². The number of H-pyrrole nitrogens is 1. The lowest BCUT2D eigenvalue weighted by Crippen LogP contribution is -2.50. The molecule has 1 aromatic heterocycles. The molecule has 0 spiro atoms. The first-order valence-electron chi connectivity index (χ1n) is 11.2. The van der Waals surface area contributed by atoms with E-state index in [1.807, 2.05) is 49.4 Å². The molecule has 2 amide bonds. The smallest absolute Gasteiger partial charge is 0.255 e. The van der Waals surface area contributed by atoms with Gasteiger partial charge in [0.05, 0.1) is 12.6 Å². The molecule has 0 fully saturated rings. The number of carbonyl (C=O) groups excluding carboxylic acids is 2. The van der Waals surface area contributed by atoms with Gasteiger partial charge < -0.3 is 19.9 Å². The van der Waals surface area contributed by atoms with Crippen molar-refractivity contribution in [1.82, 2.24) is 15.2 Å². The number of aromatic nitrogens is 1. The molecule has 0 bridgehead atoms. The highest BCUT2D eigenvalue weighted by Gasteiger charge is 2.45. The molecule has 2 heterocycles. The van der Waals surface area contributed by atoms with Gasteiger partial charge in [0, 0.05) is 41.4 Å². The number of aryl methyl sites for hydroxylation is 1. The van der Waals surface area contributed by atoms with E-state index < -0.39 is 6.04 Å². The topological polar surface area (TPSA) is 74.4 Å². The summed E-state index contributed by atoms with van der Waals surface area (Å²) in [7, 11) is 1.61. The zero-order chi connectivity index (χ0) is 22.8. The first-order chi connectivity index (χ1) is 15.4. The molecule has 1 aliphatic rings. The Balaban J connectivity index is 1.85. The minimum Gasteiger partial charge on any atom is -0.383 e. The lowest BCUT2D eigenvalue weighted by atomic mass is 9.93. The summed E-state index contributed by atoms with van der Waals surface area (Å²) in [6, 6.07) is 14.9. The van der Waals surface area contributed by atoms with Crippen molar-refractivity contribution in [3.8, 4) is 0 Å². The van der Waals surface area contributed by atoms with Crippen LogP contribution in [0.2, 0.25) is 0 Å². The molecule has 1 aliphatic heterocycles. The van der Waals surface area contributed by atoms with Crippen LogP contribution in [0.4, 0.5) is 0 Å². The van der Waals surface area contributed by atoms with Gasteiger partial charge in [-0.2, -0.15) is 0 Å². The lowest BCUT2D eigenvalue weighted by Gasteiger charge is -2.34. The number of methoxy groups -OCH3 is 1. The van der Waals surface area contributed by atoms with Crippen LogP contribution in [0.3, 0.4) is 0 Å². The van der Waals surface area contributed by atoms with Gasteiger partial charge in [0.25, 0.3) is 5.91 Å². The van der Waals surface area contributed by atoms with E-state index in [2.05, 4.69) is 30.2 Å². The molecule has 6 nitrogen and oxygen atoms in total. The molecular formula is C26H31N3O3. The Morgan fingerprint density at radius 3 is 2.62 bits per heavy atom. The maximum Gasteiger partial charge on any atom is 0.255 e. The first-order valence-corrected chi connectivity index (χ1v) is 11.2. The van der Waals surface area contributed by atoms with E-state index in [-0.39, 0.29) is 23.8 Å². The number of rotatable bonds is 8. The normalized spacial score (nSPS) is 16.6. The van der Waals surface area contributed by atoms with E-state index in [9.17, 15) is 9.59 Å². The van der Waals surface area contributed by atoms with Crippen molar-refractivity contribution in [1.29, 1.82) is 0 Å². The third-order valence-electron chi connectivity index (χ3n) is 6.15. The highest BCUT2D eigenvalue weighted by Crippen LogP contribution is 2.44. The molecule has 2 unspecified atom stereocenters. The monoisotopic (exact) mass is 433 g/mol. The second-order valence-electron chi connectivity index (χ2n) is 8.84. The number of carbonyl (C=O) groups is 2. The van der Waals surface area contributed by atoms with Crippen LogP contribution in [0, 0.1) is 12.8 Å². The summed E-state index contributed by atoms with van der Waals surface area (Å²) in [5, 5.41) is 4.04. The summed E-state index contributed by atoms with van der Waals surface area (Å²) >= 11 is 0. The largest absolute Gasteiger partial charge is 0.383 e. The van der Waals surface area contributed by atoms with Gasteiger partial charge in [-0.1, -0.05) is 50.2 Å². The van der Waals surface area contributed by atoms with Gasteiger partial charge in [-0.3, -0.25) is 9.59 Å². The lowest BCUT2D eigenvalue weighted by molar-refractivity contribution is -0.126. The summed E-state index contributed by atoms with van der Waals surface area (Å²) < 4.78 is 5.09. The summed E-state index contributed by atoms with van der Waals surface area (Å²) in [5.74, 6) is 0.0108. The molecule has 168 valence electrons. The van der Waals surface area contributed by atoms with Crippen molar-refractivity contribution in [3.63, 3.8) is 0 Å². The van der Waals surface area contributed by atoms with E-state index in [1.54, 1.807) is 12.0 Å². The maximum absolute atomic E-state index is 13.7. The van der Waals surface area contributed by atoms with E-state index in [0.717, 1.165) is 27.7 Å². The number of nitrogens with one attached hydrogen (secondary N) is 2. The van der Waals surface area contributed by atoms with Crippen LogP contribution in [0.5, 0.6) is 0 Å². The standard InChI is InChI=1S/C26H31N3O3/c1-16(2)15-22(25(30)27-13-14-32-4)29-24(18-9-5-6-10-19(18)26(29)31)23-17(3)28-21-12-8-7-11-20(21)23/h5-12,16,22,24,28H,13-15H2,1-4H3,(H,27,30). The van der Waals surface area contributed by atoms with Gasteiger partial charge in [0.1, 0.15) is 6.04 Å². The van der Waals surface area contributed by atoms with Crippen molar-refractivity contribution >= 4 is 22.7 Å². The number of amides is 2. The summed E-state index contributed by atoms with van der Waals surface area (Å²) in [4.78, 5) is 32.3. The zero-order valence-corrected chi connectivity index (χ0v) is 19.1. The van der Waals surface area contributed by atoms with Crippen LogP contribution in [0.1, 0.15) is 53.5 Å². The fourth-order valence-corrected chi connectivity index (χ4v) is 4.79. The van der Waals surface area contributed by atoms with Crippen molar-refractivity contribution in [3.05, 3.63) is 70.9 Å².